The van der Waals surface area contributed by atoms with Crippen LogP contribution in [-0.2, 0) is 10.5 Å². The highest BCUT2D eigenvalue weighted by molar-refractivity contribution is 7.99. The number of thioether (sulfide) groups is 1. The quantitative estimate of drug-likeness (QED) is 0.710. The van der Waals surface area contributed by atoms with Gasteiger partial charge in [0.25, 0.3) is 0 Å². The molecular formula is C19H22ClNO3S. The summed E-state index contributed by atoms with van der Waals surface area (Å²) < 4.78 is 10.8. The smallest absolute Gasteiger partial charge is 0.230 e. The summed E-state index contributed by atoms with van der Waals surface area (Å²) in [5, 5.41) is 3.66. The monoisotopic (exact) mass is 379 g/mol. The largest absolute Gasteiger partial charge is 0.497 e. The lowest BCUT2D eigenvalue weighted by atomic mass is 10.2. The van der Waals surface area contributed by atoms with E-state index in [4.69, 9.17) is 21.1 Å². The second-order valence-electron chi connectivity index (χ2n) is 5.54. The Morgan fingerprint density at radius 3 is 2.52 bits per heavy atom. The van der Waals surface area contributed by atoms with E-state index in [0.717, 1.165) is 22.1 Å². The van der Waals surface area contributed by atoms with E-state index in [1.165, 1.54) is 11.8 Å². The number of nitrogens with one attached hydrogen (secondary N) is 1. The highest BCUT2D eigenvalue weighted by Crippen LogP contribution is 2.20. The van der Waals surface area contributed by atoms with Crippen LogP contribution in [-0.4, -0.2) is 31.4 Å². The Balaban J connectivity index is 1.66. The van der Waals surface area contributed by atoms with E-state index in [9.17, 15) is 4.79 Å². The van der Waals surface area contributed by atoms with E-state index in [1.54, 1.807) is 7.11 Å². The van der Waals surface area contributed by atoms with Gasteiger partial charge in [0.15, 0.2) is 0 Å². The van der Waals surface area contributed by atoms with Crippen molar-refractivity contribution in [2.45, 2.75) is 18.7 Å². The van der Waals surface area contributed by atoms with Crippen LogP contribution in [0.3, 0.4) is 0 Å². The molecule has 0 radical (unpaired) electrons. The number of benzene rings is 2. The summed E-state index contributed by atoms with van der Waals surface area (Å²) >= 11 is 7.64. The summed E-state index contributed by atoms with van der Waals surface area (Å²) in [6, 6.07) is 15.0. The topological polar surface area (TPSA) is 47.6 Å². The van der Waals surface area contributed by atoms with Gasteiger partial charge in [0.1, 0.15) is 18.1 Å². The van der Waals surface area contributed by atoms with Crippen LogP contribution >= 0.6 is 23.4 Å². The summed E-state index contributed by atoms with van der Waals surface area (Å²) in [6.07, 6.45) is 0. The molecule has 0 aliphatic rings. The van der Waals surface area contributed by atoms with Gasteiger partial charge in [-0.15, -0.1) is 11.8 Å². The fourth-order valence-electron chi connectivity index (χ4n) is 2.12. The number of rotatable bonds is 9. The molecule has 1 amide bonds. The van der Waals surface area contributed by atoms with Crippen LogP contribution in [0.2, 0.25) is 5.02 Å². The Labute approximate surface area is 157 Å². The van der Waals surface area contributed by atoms with Gasteiger partial charge in [-0.25, -0.2) is 0 Å². The molecule has 25 heavy (non-hydrogen) atoms. The van der Waals surface area contributed by atoms with Crippen molar-refractivity contribution >= 4 is 29.3 Å². The van der Waals surface area contributed by atoms with Crippen molar-refractivity contribution in [1.29, 1.82) is 0 Å². The van der Waals surface area contributed by atoms with Crippen LogP contribution in [0.25, 0.3) is 0 Å². The number of hydrogen-bond acceptors (Lipinski definition) is 4. The predicted molar refractivity (Wildman–Crippen MR) is 104 cm³/mol. The third-order valence-electron chi connectivity index (χ3n) is 3.42. The van der Waals surface area contributed by atoms with Crippen molar-refractivity contribution in [3.05, 3.63) is 59.1 Å². The van der Waals surface area contributed by atoms with Gasteiger partial charge >= 0.3 is 0 Å². The minimum Gasteiger partial charge on any atom is -0.497 e. The van der Waals surface area contributed by atoms with Crippen molar-refractivity contribution in [2.75, 3.05) is 19.5 Å². The normalized spacial score (nSPS) is 11.6. The maximum Gasteiger partial charge on any atom is 0.230 e. The summed E-state index contributed by atoms with van der Waals surface area (Å²) in [6.45, 7) is 2.33. The molecule has 0 saturated heterocycles. The van der Waals surface area contributed by atoms with Crippen molar-refractivity contribution in [2.24, 2.45) is 0 Å². The Bertz CT molecular complexity index is 679. The SMILES string of the molecule is COc1ccc(OC[C@H](C)NC(=O)CSCc2ccccc2Cl)cc1. The zero-order valence-corrected chi connectivity index (χ0v) is 15.9. The van der Waals surface area contributed by atoms with Crippen LogP contribution in [0.5, 0.6) is 11.5 Å². The van der Waals surface area contributed by atoms with Crippen LogP contribution in [0.15, 0.2) is 48.5 Å². The lowest BCUT2D eigenvalue weighted by Crippen LogP contribution is -2.37. The van der Waals surface area contributed by atoms with Crippen molar-refractivity contribution in [1.82, 2.24) is 5.32 Å². The van der Waals surface area contributed by atoms with Gasteiger partial charge in [-0.3, -0.25) is 4.79 Å². The molecule has 4 nitrogen and oxygen atoms in total. The summed E-state index contributed by atoms with van der Waals surface area (Å²) in [5.74, 6) is 2.61. The molecule has 2 aromatic carbocycles. The lowest BCUT2D eigenvalue weighted by Gasteiger charge is -2.15. The highest BCUT2D eigenvalue weighted by atomic mass is 35.5. The molecule has 0 aliphatic carbocycles. The van der Waals surface area contributed by atoms with Gasteiger partial charge in [0.05, 0.1) is 18.9 Å². The van der Waals surface area contributed by atoms with Crippen LogP contribution in [0.4, 0.5) is 0 Å². The maximum atomic E-state index is 12.0. The van der Waals surface area contributed by atoms with Crippen molar-refractivity contribution < 1.29 is 14.3 Å². The third kappa shape index (κ3) is 6.88. The second kappa shape index (κ2) is 10.2. The van der Waals surface area contributed by atoms with Crippen LogP contribution < -0.4 is 14.8 Å². The van der Waals surface area contributed by atoms with Crippen molar-refractivity contribution in [3.63, 3.8) is 0 Å². The Morgan fingerprint density at radius 2 is 1.84 bits per heavy atom. The maximum absolute atomic E-state index is 12.0. The first-order valence-corrected chi connectivity index (χ1v) is 9.49. The van der Waals surface area contributed by atoms with Crippen LogP contribution in [0.1, 0.15) is 12.5 Å². The molecular weight excluding hydrogens is 358 g/mol. The molecule has 0 saturated carbocycles. The number of amides is 1. The summed E-state index contributed by atoms with van der Waals surface area (Å²) in [7, 11) is 1.62. The molecule has 134 valence electrons. The Morgan fingerprint density at radius 1 is 1.16 bits per heavy atom. The highest BCUT2D eigenvalue weighted by Gasteiger charge is 2.09. The van der Waals surface area contributed by atoms with Crippen LogP contribution in [0, 0.1) is 0 Å². The summed E-state index contributed by atoms with van der Waals surface area (Å²) in [5.41, 5.74) is 1.04. The lowest BCUT2D eigenvalue weighted by molar-refractivity contribution is -0.119. The molecule has 0 bridgehead atoms. The number of carbonyl (C=O) groups excluding carboxylic acids is 1. The summed E-state index contributed by atoms with van der Waals surface area (Å²) in [4.78, 5) is 12.0. The van der Waals surface area contributed by atoms with E-state index in [1.807, 2.05) is 55.5 Å². The first-order valence-electron chi connectivity index (χ1n) is 7.96. The molecule has 2 rings (SSSR count). The number of halogens is 1. The molecule has 0 heterocycles. The first kappa shape index (κ1) is 19.5. The Hall–Kier alpha value is -1.85. The van der Waals surface area contributed by atoms with Crippen molar-refractivity contribution in [3.8, 4) is 11.5 Å². The van der Waals surface area contributed by atoms with Gasteiger partial charge < -0.3 is 14.8 Å². The third-order valence-corrected chi connectivity index (χ3v) is 4.77. The Kier molecular flexibility index (Phi) is 7.95. The number of hydrogen-bond donors (Lipinski definition) is 1. The van der Waals surface area contributed by atoms with Gasteiger partial charge in [-0.05, 0) is 42.8 Å². The molecule has 0 aromatic heterocycles. The zero-order chi connectivity index (χ0) is 18.1. The van der Waals surface area contributed by atoms with E-state index in [-0.39, 0.29) is 11.9 Å². The van der Waals surface area contributed by atoms with Gasteiger partial charge in [-0.1, -0.05) is 29.8 Å². The second-order valence-corrected chi connectivity index (χ2v) is 6.93. The molecule has 1 N–H and O–H groups in total. The van der Waals surface area contributed by atoms with Gasteiger partial charge in [0.2, 0.25) is 5.91 Å². The molecule has 0 fully saturated rings. The predicted octanol–water partition coefficient (Wildman–Crippen LogP) is 4.17. The molecule has 0 spiro atoms. The average molecular weight is 380 g/mol. The number of ether oxygens (including phenoxy) is 2. The molecule has 2 aromatic rings. The average Bonchev–Trinajstić information content (AvgIpc) is 2.62. The van der Waals surface area contributed by atoms with E-state index >= 15 is 0 Å². The standard InChI is InChI=1S/C19H22ClNO3S/c1-14(11-24-17-9-7-16(23-2)8-10-17)21-19(22)13-25-12-15-5-3-4-6-18(15)20/h3-10,14H,11-13H2,1-2H3,(H,21,22)/t14-/m0/s1. The van der Waals surface area contributed by atoms with Gasteiger partial charge in [0, 0.05) is 10.8 Å². The van der Waals surface area contributed by atoms with E-state index in [2.05, 4.69) is 5.32 Å². The van der Waals surface area contributed by atoms with Gasteiger partial charge in [-0.2, -0.15) is 0 Å². The number of methoxy groups -OCH3 is 1. The zero-order valence-electron chi connectivity index (χ0n) is 14.3. The molecule has 0 aliphatic heterocycles. The minimum absolute atomic E-state index is 0.0112. The minimum atomic E-state index is -0.0736. The molecule has 6 heteroatoms. The van der Waals surface area contributed by atoms with E-state index in [0.29, 0.717) is 18.1 Å². The first-order chi connectivity index (χ1) is 12.1. The van der Waals surface area contributed by atoms with E-state index < -0.39 is 0 Å². The fraction of sp³-hybridized carbons (Fsp3) is 0.316. The fourth-order valence-corrected chi connectivity index (χ4v) is 3.24. The number of carbonyl (C=O) groups is 1. The molecule has 0 unspecified atom stereocenters. The molecule has 1 atom stereocenters.